The van der Waals surface area contributed by atoms with Crippen molar-refractivity contribution < 1.29 is 41.7 Å². The minimum Gasteiger partial charge on any atom is -0.479 e. The van der Waals surface area contributed by atoms with Gasteiger partial charge in [-0.25, -0.2) is 9.18 Å². The van der Waals surface area contributed by atoms with Gasteiger partial charge in [-0.15, -0.1) is 0 Å². The molecule has 2 N–H and O–H groups in total. The number of hydrogen-bond donors (Lipinski definition) is 2. The topological polar surface area (TPSA) is 97.8 Å². The Labute approximate surface area is 219 Å². The van der Waals surface area contributed by atoms with E-state index in [9.17, 15) is 32.3 Å². The van der Waals surface area contributed by atoms with Crippen molar-refractivity contribution in [3.8, 4) is 17.2 Å². The first kappa shape index (κ1) is 29.0. The molecule has 3 rings (SSSR count). The highest BCUT2D eigenvalue weighted by molar-refractivity contribution is 6.31. The van der Waals surface area contributed by atoms with E-state index >= 15 is 0 Å². The molecule has 2 atom stereocenters. The van der Waals surface area contributed by atoms with Crippen LogP contribution in [0.5, 0.6) is 17.2 Å². The van der Waals surface area contributed by atoms with Gasteiger partial charge in [0, 0.05) is 34.3 Å². The molecule has 0 fully saturated rings. The number of pyridine rings is 1. The van der Waals surface area contributed by atoms with Crippen molar-refractivity contribution in [2.24, 2.45) is 0 Å². The molecular weight excluding hydrogens is 534 g/mol. The Bertz CT molecular complexity index is 1380. The van der Waals surface area contributed by atoms with E-state index < -0.39 is 47.2 Å². The van der Waals surface area contributed by atoms with Gasteiger partial charge in [0.25, 0.3) is 0 Å². The lowest BCUT2D eigenvalue weighted by Crippen LogP contribution is -2.47. The molecule has 0 aliphatic heterocycles. The van der Waals surface area contributed by atoms with E-state index in [4.69, 9.17) is 25.8 Å². The Kier molecular flexibility index (Phi) is 8.73. The lowest BCUT2D eigenvalue weighted by atomic mass is 9.77. The molecule has 0 spiro atoms. The summed E-state index contributed by atoms with van der Waals surface area (Å²) in [5, 5.41) is 10.9. The lowest BCUT2D eigenvalue weighted by Gasteiger charge is -2.37. The number of carbonyl (C=O) groups is 1. The number of ether oxygens (including phenoxy) is 3. The summed E-state index contributed by atoms with van der Waals surface area (Å²) in [6, 6.07) is 9.17. The zero-order valence-electron chi connectivity index (χ0n) is 20.5. The Hall–Kier alpha value is -3.57. The van der Waals surface area contributed by atoms with Crippen LogP contribution in [0, 0.1) is 12.7 Å². The molecule has 1 heterocycles. The van der Waals surface area contributed by atoms with Crippen LogP contribution in [0.25, 0.3) is 0 Å². The standard InChI is InChI=1S/C26H24ClF4NO6/c1-4-36-24(34)13-37-22-12-17(6-9-21(22)28)38-16-5-7-18(20(27)11-16)14(2)25(35,26(29,30)31)19-8-10-23(33)32-15(19)3/h5-12,14,35H,4,13H2,1-3H3,(H,32,33). The first-order valence-corrected chi connectivity index (χ1v) is 11.7. The maximum absolute atomic E-state index is 14.3. The first-order chi connectivity index (χ1) is 17.8. The van der Waals surface area contributed by atoms with E-state index in [0.717, 1.165) is 25.1 Å². The number of hydrogen-bond acceptors (Lipinski definition) is 6. The van der Waals surface area contributed by atoms with Crippen LogP contribution in [0.3, 0.4) is 0 Å². The van der Waals surface area contributed by atoms with Crippen molar-refractivity contribution in [3.05, 3.63) is 86.5 Å². The molecule has 2 aromatic carbocycles. The number of aromatic nitrogens is 1. The zero-order chi connectivity index (χ0) is 28.3. The summed E-state index contributed by atoms with van der Waals surface area (Å²) >= 11 is 6.32. The van der Waals surface area contributed by atoms with Crippen LogP contribution in [0.2, 0.25) is 5.02 Å². The predicted molar refractivity (Wildman–Crippen MR) is 130 cm³/mol. The second-order valence-corrected chi connectivity index (χ2v) is 8.73. The van der Waals surface area contributed by atoms with Gasteiger partial charge in [0.1, 0.15) is 11.5 Å². The second kappa shape index (κ2) is 11.4. The normalized spacial score (nSPS) is 13.9. The van der Waals surface area contributed by atoms with Crippen LogP contribution < -0.4 is 15.0 Å². The number of rotatable bonds is 9. The SMILES string of the molecule is CCOC(=O)COc1cc(Oc2ccc(C(C)C(O)(c3ccc(=O)[nH]c3C)C(F)(F)F)c(Cl)c2)ccc1F. The third-order valence-corrected chi connectivity index (χ3v) is 6.14. The summed E-state index contributed by atoms with van der Waals surface area (Å²) < 4.78 is 72.3. The average molecular weight is 558 g/mol. The number of halogens is 5. The fourth-order valence-corrected chi connectivity index (χ4v) is 4.24. The van der Waals surface area contributed by atoms with Crippen LogP contribution in [0.4, 0.5) is 17.6 Å². The number of esters is 1. The number of H-pyrrole nitrogens is 1. The summed E-state index contributed by atoms with van der Waals surface area (Å²) in [6.07, 6.45) is -5.12. The predicted octanol–water partition coefficient (Wildman–Crippen LogP) is 5.76. The third-order valence-electron chi connectivity index (χ3n) is 5.81. The number of aromatic amines is 1. The van der Waals surface area contributed by atoms with E-state index in [0.29, 0.717) is 0 Å². The molecule has 0 radical (unpaired) electrons. The van der Waals surface area contributed by atoms with Crippen LogP contribution in [0.15, 0.2) is 53.3 Å². The van der Waals surface area contributed by atoms with Gasteiger partial charge in [0.15, 0.2) is 23.8 Å². The first-order valence-electron chi connectivity index (χ1n) is 11.3. The molecule has 0 saturated heterocycles. The van der Waals surface area contributed by atoms with Crippen molar-refractivity contribution in [3.63, 3.8) is 0 Å². The Morgan fingerprint density at radius 3 is 2.37 bits per heavy atom. The van der Waals surface area contributed by atoms with Gasteiger partial charge in [0.05, 0.1) is 6.61 Å². The van der Waals surface area contributed by atoms with Crippen LogP contribution >= 0.6 is 11.6 Å². The van der Waals surface area contributed by atoms with E-state index in [1.165, 1.54) is 37.3 Å². The number of benzene rings is 2. The molecule has 12 heteroatoms. The molecule has 0 aliphatic carbocycles. The fraction of sp³-hybridized carbons (Fsp3) is 0.308. The number of alkyl halides is 3. The van der Waals surface area contributed by atoms with E-state index in [1.54, 1.807) is 6.92 Å². The van der Waals surface area contributed by atoms with Crippen LogP contribution in [-0.4, -0.2) is 35.4 Å². The summed E-state index contributed by atoms with van der Waals surface area (Å²) in [5.74, 6) is -3.12. The van der Waals surface area contributed by atoms with Crippen LogP contribution in [0.1, 0.15) is 36.6 Å². The maximum atomic E-state index is 14.3. The van der Waals surface area contributed by atoms with Gasteiger partial charge >= 0.3 is 12.1 Å². The highest BCUT2D eigenvalue weighted by Crippen LogP contribution is 2.50. The summed E-state index contributed by atoms with van der Waals surface area (Å²) in [7, 11) is 0. The summed E-state index contributed by atoms with van der Waals surface area (Å²) in [5.41, 5.74) is -4.69. The quantitative estimate of drug-likeness (QED) is 0.256. The van der Waals surface area contributed by atoms with Crippen molar-refractivity contribution in [1.82, 2.24) is 4.98 Å². The fourth-order valence-electron chi connectivity index (χ4n) is 3.90. The van der Waals surface area contributed by atoms with Crippen molar-refractivity contribution >= 4 is 17.6 Å². The zero-order valence-corrected chi connectivity index (χ0v) is 21.2. The molecule has 0 bridgehead atoms. The van der Waals surface area contributed by atoms with Gasteiger partial charge in [-0.2, -0.15) is 13.2 Å². The molecule has 2 unspecified atom stereocenters. The van der Waals surface area contributed by atoms with E-state index in [-0.39, 0.29) is 40.1 Å². The Morgan fingerprint density at radius 1 is 1.11 bits per heavy atom. The Morgan fingerprint density at radius 2 is 1.76 bits per heavy atom. The molecule has 3 aromatic rings. The molecule has 0 amide bonds. The number of nitrogens with one attached hydrogen (secondary N) is 1. The van der Waals surface area contributed by atoms with Crippen molar-refractivity contribution in [2.75, 3.05) is 13.2 Å². The molecule has 0 saturated carbocycles. The lowest BCUT2D eigenvalue weighted by molar-refractivity contribution is -0.274. The van der Waals surface area contributed by atoms with Crippen molar-refractivity contribution in [1.29, 1.82) is 0 Å². The van der Waals surface area contributed by atoms with Gasteiger partial charge < -0.3 is 24.3 Å². The smallest absolute Gasteiger partial charge is 0.422 e. The van der Waals surface area contributed by atoms with E-state index in [2.05, 4.69) is 4.98 Å². The minimum absolute atomic E-state index is 0.0398. The number of aliphatic hydroxyl groups is 1. The highest BCUT2D eigenvalue weighted by atomic mass is 35.5. The molecule has 0 aliphatic rings. The number of aryl methyl sites for hydroxylation is 1. The van der Waals surface area contributed by atoms with Gasteiger partial charge in [0.2, 0.25) is 5.56 Å². The average Bonchev–Trinajstić information content (AvgIpc) is 2.83. The third kappa shape index (κ3) is 6.11. The van der Waals surface area contributed by atoms with Gasteiger partial charge in [-0.05, 0) is 49.7 Å². The molecule has 7 nitrogen and oxygen atoms in total. The van der Waals surface area contributed by atoms with Crippen molar-refractivity contribution in [2.45, 2.75) is 38.5 Å². The van der Waals surface area contributed by atoms with Gasteiger partial charge in [-0.3, -0.25) is 4.79 Å². The minimum atomic E-state index is -5.12. The summed E-state index contributed by atoms with van der Waals surface area (Å²) in [4.78, 5) is 25.3. The molecule has 204 valence electrons. The highest BCUT2D eigenvalue weighted by Gasteiger charge is 2.59. The molecule has 38 heavy (non-hydrogen) atoms. The monoisotopic (exact) mass is 557 g/mol. The largest absolute Gasteiger partial charge is 0.479 e. The van der Waals surface area contributed by atoms with Crippen LogP contribution in [-0.2, 0) is 15.1 Å². The van der Waals surface area contributed by atoms with Gasteiger partial charge in [-0.1, -0.05) is 24.6 Å². The Balaban J connectivity index is 1.89. The second-order valence-electron chi connectivity index (χ2n) is 8.32. The van der Waals surface area contributed by atoms with E-state index in [1.807, 2.05) is 0 Å². The maximum Gasteiger partial charge on any atom is 0.422 e. The summed E-state index contributed by atoms with van der Waals surface area (Å²) in [6.45, 7) is 3.63. The molecular formula is C26H24ClF4NO6. The molecule has 1 aromatic heterocycles. The number of carbonyl (C=O) groups excluding carboxylic acids is 1.